The minimum atomic E-state index is 0.581. The number of hydrogen-bond donors (Lipinski definition) is 1. The fourth-order valence-electron chi connectivity index (χ4n) is 4.19. The van der Waals surface area contributed by atoms with Crippen LogP contribution in [-0.4, -0.2) is 59.7 Å². The Morgan fingerprint density at radius 1 is 1.03 bits per heavy atom. The summed E-state index contributed by atoms with van der Waals surface area (Å²) in [7, 11) is 3.49. The molecular formula is C24H26ClN7O. The molecule has 0 saturated carbocycles. The molecule has 3 aromatic heterocycles. The summed E-state index contributed by atoms with van der Waals surface area (Å²) in [5.74, 6) is 2.27. The maximum absolute atomic E-state index is 6.37. The number of piperazine rings is 1. The van der Waals surface area contributed by atoms with E-state index >= 15 is 0 Å². The number of nitrogens with one attached hydrogen (secondary N) is 1. The summed E-state index contributed by atoms with van der Waals surface area (Å²) in [6.07, 6.45) is 5.89. The number of pyridine rings is 1. The minimum absolute atomic E-state index is 0.581. The van der Waals surface area contributed by atoms with Crippen molar-refractivity contribution in [2.75, 3.05) is 55.5 Å². The van der Waals surface area contributed by atoms with Gasteiger partial charge in [0, 0.05) is 69.1 Å². The summed E-state index contributed by atoms with van der Waals surface area (Å²) in [4.78, 5) is 18.5. The molecule has 8 nitrogen and oxygen atoms in total. The molecule has 0 atom stereocenters. The Morgan fingerprint density at radius 3 is 2.58 bits per heavy atom. The molecule has 5 rings (SSSR count). The molecule has 170 valence electrons. The molecule has 0 radical (unpaired) electrons. The molecule has 4 heterocycles. The van der Waals surface area contributed by atoms with Crippen molar-refractivity contribution >= 4 is 34.7 Å². The highest BCUT2D eigenvalue weighted by Crippen LogP contribution is 2.33. The van der Waals surface area contributed by atoms with Crippen LogP contribution in [0.4, 0.5) is 17.5 Å². The van der Waals surface area contributed by atoms with Crippen LogP contribution in [0.25, 0.3) is 16.9 Å². The van der Waals surface area contributed by atoms with Gasteiger partial charge < -0.3 is 24.3 Å². The number of methoxy groups -OCH3 is 1. The number of ether oxygens (including phenoxy) is 1. The van der Waals surface area contributed by atoms with Crippen molar-refractivity contribution in [3.05, 3.63) is 59.5 Å². The van der Waals surface area contributed by atoms with Crippen LogP contribution in [-0.2, 0) is 0 Å². The molecule has 33 heavy (non-hydrogen) atoms. The fraction of sp³-hybridized carbons (Fsp3) is 0.292. The van der Waals surface area contributed by atoms with E-state index in [1.807, 2.05) is 42.8 Å². The summed E-state index contributed by atoms with van der Waals surface area (Å²) in [5, 5.41) is 3.65. The Hall–Kier alpha value is -3.52. The van der Waals surface area contributed by atoms with Crippen molar-refractivity contribution in [3.8, 4) is 17.0 Å². The first-order valence-electron chi connectivity index (χ1n) is 10.9. The van der Waals surface area contributed by atoms with Crippen molar-refractivity contribution in [2.45, 2.75) is 6.92 Å². The number of aryl methyl sites for hydroxylation is 1. The number of imidazole rings is 1. The highest BCUT2D eigenvalue weighted by Gasteiger charge is 2.20. The van der Waals surface area contributed by atoms with Gasteiger partial charge in [0.2, 0.25) is 5.95 Å². The molecule has 1 aliphatic rings. The number of halogens is 1. The highest BCUT2D eigenvalue weighted by atomic mass is 35.5. The number of rotatable bonds is 5. The summed E-state index contributed by atoms with van der Waals surface area (Å²) in [5.41, 5.74) is 5.03. The lowest BCUT2D eigenvalue weighted by Gasteiger charge is -2.36. The summed E-state index contributed by atoms with van der Waals surface area (Å²) in [6.45, 7) is 5.55. The molecule has 1 fully saturated rings. The van der Waals surface area contributed by atoms with Gasteiger partial charge in [0.1, 0.15) is 17.2 Å². The summed E-state index contributed by atoms with van der Waals surface area (Å²) in [6, 6.07) is 10.0. The molecule has 4 aromatic rings. The first kappa shape index (κ1) is 21.3. The van der Waals surface area contributed by atoms with E-state index in [1.54, 1.807) is 13.3 Å². The number of anilines is 3. The van der Waals surface area contributed by atoms with Crippen molar-refractivity contribution in [1.29, 1.82) is 0 Å². The fourth-order valence-corrected chi connectivity index (χ4v) is 4.43. The van der Waals surface area contributed by atoms with Crippen LogP contribution in [0.5, 0.6) is 5.75 Å². The molecule has 1 N–H and O–H groups in total. The van der Waals surface area contributed by atoms with Crippen LogP contribution in [0.15, 0.2) is 48.9 Å². The van der Waals surface area contributed by atoms with Crippen LogP contribution >= 0.6 is 11.6 Å². The zero-order valence-corrected chi connectivity index (χ0v) is 19.7. The van der Waals surface area contributed by atoms with E-state index in [9.17, 15) is 0 Å². The van der Waals surface area contributed by atoms with Crippen molar-refractivity contribution in [1.82, 2.24) is 19.4 Å². The monoisotopic (exact) mass is 463 g/mol. The Bertz CT molecular complexity index is 1300. The largest absolute Gasteiger partial charge is 0.495 e. The molecule has 9 heteroatoms. The van der Waals surface area contributed by atoms with E-state index in [0.717, 1.165) is 66.1 Å². The Balaban J connectivity index is 1.35. The lowest BCUT2D eigenvalue weighted by Crippen LogP contribution is -2.47. The van der Waals surface area contributed by atoms with E-state index in [4.69, 9.17) is 21.3 Å². The standard InChI is InChI=1S/C24H26ClN7O/c1-16-12-21(33-3)19(25)14-18(16)20-15-32-7-5-17(13-23(32)28-20)30-8-10-31(11-9-30)24-27-6-4-22(26-2)29-24/h4-7,12-15H,8-11H2,1-3H3,(H,26,27,29). The van der Waals surface area contributed by atoms with Gasteiger partial charge in [-0.3, -0.25) is 0 Å². The predicted molar refractivity (Wildman–Crippen MR) is 133 cm³/mol. The van der Waals surface area contributed by atoms with Gasteiger partial charge in [-0.1, -0.05) is 11.6 Å². The Labute approximate surface area is 197 Å². The van der Waals surface area contributed by atoms with E-state index < -0.39 is 0 Å². The molecule has 1 saturated heterocycles. The quantitative estimate of drug-likeness (QED) is 0.477. The SMILES string of the molecule is CNc1ccnc(N2CCN(c3ccn4cc(-c5cc(Cl)c(OC)cc5C)nc4c3)CC2)n1. The molecule has 0 unspecified atom stereocenters. The number of hydrogen-bond acceptors (Lipinski definition) is 7. The van der Waals surface area contributed by atoms with Crippen molar-refractivity contribution in [2.24, 2.45) is 0 Å². The third kappa shape index (κ3) is 4.14. The van der Waals surface area contributed by atoms with E-state index in [-0.39, 0.29) is 0 Å². The Kier molecular flexibility index (Phi) is 5.68. The summed E-state index contributed by atoms with van der Waals surface area (Å²) >= 11 is 6.37. The average Bonchev–Trinajstić information content (AvgIpc) is 3.28. The third-order valence-electron chi connectivity index (χ3n) is 6.05. The lowest BCUT2D eigenvalue weighted by atomic mass is 10.1. The maximum Gasteiger partial charge on any atom is 0.227 e. The molecule has 0 amide bonds. The van der Waals surface area contributed by atoms with Crippen LogP contribution in [0, 0.1) is 6.92 Å². The maximum atomic E-state index is 6.37. The van der Waals surface area contributed by atoms with Gasteiger partial charge in [0.05, 0.1) is 17.8 Å². The van der Waals surface area contributed by atoms with Gasteiger partial charge in [0.15, 0.2) is 0 Å². The van der Waals surface area contributed by atoms with Gasteiger partial charge in [-0.25, -0.2) is 9.97 Å². The smallest absolute Gasteiger partial charge is 0.227 e. The summed E-state index contributed by atoms with van der Waals surface area (Å²) < 4.78 is 7.37. The van der Waals surface area contributed by atoms with Crippen LogP contribution < -0.4 is 19.9 Å². The molecule has 1 aliphatic heterocycles. The van der Waals surface area contributed by atoms with Gasteiger partial charge >= 0.3 is 0 Å². The number of nitrogens with zero attached hydrogens (tertiary/aromatic N) is 6. The van der Waals surface area contributed by atoms with E-state index in [2.05, 4.69) is 43.4 Å². The van der Waals surface area contributed by atoms with Gasteiger partial charge in [-0.05, 0) is 36.8 Å². The number of fused-ring (bicyclic) bond motifs is 1. The molecule has 0 spiro atoms. The van der Waals surface area contributed by atoms with Gasteiger partial charge in [-0.2, -0.15) is 4.98 Å². The second-order valence-corrected chi connectivity index (χ2v) is 8.45. The number of benzene rings is 1. The zero-order chi connectivity index (χ0) is 22.9. The lowest BCUT2D eigenvalue weighted by molar-refractivity contribution is 0.415. The topological polar surface area (TPSA) is 70.8 Å². The van der Waals surface area contributed by atoms with Gasteiger partial charge in [-0.15, -0.1) is 0 Å². The van der Waals surface area contributed by atoms with Crippen LogP contribution in [0.2, 0.25) is 5.02 Å². The van der Waals surface area contributed by atoms with Crippen LogP contribution in [0.1, 0.15) is 5.56 Å². The van der Waals surface area contributed by atoms with Crippen LogP contribution in [0.3, 0.4) is 0 Å². The molecule has 0 aliphatic carbocycles. The molecule has 0 bridgehead atoms. The van der Waals surface area contributed by atoms with Gasteiger partial charge in [0.25, 0.3) is 0 Å². The number of aromatic nitrogens is 4. The minimum Gasteiger partial charge on any atom is -0.495 e. The Morgan fingerprint density at radius 2 is 1.82 bits per heavy atom. The third-order valence-corrected chi connectivity index (χ3v) is 6.34. The van der Waals surface area contributed by atoms with Crippen molar-refractivity contribution in [3.63, 3.8) is 0 Å². The molecular weight excluding hydrogens is 438 g/mol. The second-order valence-electron chi connectivity index (χ2n) is 8.04. The predicted octanol–water partition coefficient (Wildman–Crippen LogP) is 4.13. The highest BCUT2D eigenvalue weighted by molar-refractivity contribution is 6.32. The first-order valence-corrected chi connectivity index (χ1v) is 11.3. The normalized spacial score (nSPS) is 14.1. The van der Waals surface area contributed by atoms with E-state index in [1.165, 1.54) is 0 Å². The van der Waals surface area contributed by atoms with Crippen molar-refractivity contribution < 1.29 is 4.74 Å². The van der Waals surface area contributed by atoms with E-state index in [0.29, 0.717) is 10.8 Å². The zero-order valence-electron chi connectivity index (χ0n) is 18.9. The molecule has 1 aromatic carbocycles. The second kappa shape index (κ2) is 8.78. The average molecular weight is 464 g/mol. The first-order chi connectivity index (χ1) is 16.1.